The molecule has 0 amide bonds. The molecule has 17 heavy (non-hydrogen) atoms. The van der Waals surface area contributed by atoms with E-state index in [1.165, 1.54) is 38.5 Å². The zero-order valence-corrected chi connectivity index (χ0v) is 12.0. The van der Waals surface area contributed by atoms with Gasteiger partial charge in [-0.25, -0.2) is 0 Å². The van der Waals surface area contributed by atoms with E-state index in [9.17, 15) is 0 Å². The Kier molecular flexibility index (Phi) is 2.47. The molecule has 1 nitrogen and oxygen atoms in total. The van der Waals surface area contributed by atoms with Gasteiger partial charge in [0.05, 0.1) is 5.60 Å². The SMILES string of the molecule is CC1(C)CCC[C@@]2(C)[C@@H]1CC[C@]1(C)OCC[C@H]21. The van der Waals surface area contributed by atoms with Crippen molar-refractivity contribution in [2.45, 2.75) is 71.8 Å². The average molecular weight is 236 g/mol. The van der Waals surface area contributed by atoms with E-state index >= 15 is 0 Å². The third-order valence-corrected chi connectivity index (χ3v) is 6.58. The Bertz CT molecular complexity index is 317. The molecule has 4 atom stereocenters. The van der Waals surface area contributed by atoms with Crippen LogP contribution in [0.15, 0.2) is 0 Å². The maximum Gasteiger partial charge on any atom is 0.0688 e. The molecule has 2 saturated carbocycles. The van der Waals surface area contributed by atoms with Crippen molar-refractivity contribution in [1.82, 2.24) is 0 Å². The molecule has 0 spiro atoms. The summed E-state index contributed by atoms with van der Waals surface area (Å²) in [5.41, 5.74) is 1.31. The summed E-state index contributed by atoms with van der Waals surface area (Å²) >= 11 is 0. The normalized spacial score (nSPS) is 52.9. The molecule has 2 aliphatic carbocycles. The molecule has 3 rings (SSSR count). The van der Waals surface area contributed by atoms with E-state index in [4.69, 9.17) is 4.74 Å². The molecule has 3 fully saturated rings. The molecule has 3 aliphatic rings. The molecule has 1 saturated heterocycles. The quantitative estimate of drug-likeness (QED) is 0.605. The second kappa shape index (κ2) is 3.50. The van der Waals surface area contributed by atoms with Gasteiger partial charge >= 0.3 is 0 Å². The van der Waals surface area contributed by atoms with E-state index < -0.39 is 0 Å². The topological polar surface area (TPSA) is 9.23 Å². The fourth-order valence-electron chi connectivity index (χ4n) is 5.82. The molecule has 0 N–H and O–H groups in total. The van der Waals surface area contributed by atoms with Crippen LogP contribution in [0.3, 0.4) is 0 Å². The molecular formula is C16H28O. The summed E-state index contributed by atoms with van der Waals surface area (Å²) in [5.74, 6) is 1.73. The summed E-state index contributed by atoms with van der Waals surface area (Å²) < 4.78 is 6.13. The Morgan fingerprint density at radius 3 is 2.41 bits per heavy atom. The lowest BCUT2D eigenvalue weighted by Gasteiger charge is -2.60. The monoisotopic (exact) mass is 236 g/mol. The summed E-state index contributed by atoms with van der Waals surface area (Å²) in [6.45, 7) is 11.0. The largest absolute Gasteiger partial charge is 0.375 e. The van der Waals surface area contributed by atoms with Crippen molar-refractivity contribution in [3.63, 3.8) is 0 Å². The average Bonchev–Trinajstić information content (AvgIpc) is 2.60. The van der Waals surface area contributed by atoms with Gasteiger partial charge in [0.15, 0.2) is 0 Å². The van der Waals surface area contributed by atoms with Crippen molar-refractivity contribution in [1.29, 1.82) is 0 Å². The van der Waals surface area contributed by atoms with E-state index in [0.29, 0.717) is 10.8 Å². The highest BCUT2D eigenvalue weighted by Gasteiger charge is 2.60. The first-order valence-corrected chi connectivity index (χ1v) is 7.52. The van der Waals surface area contributed by atoms with Gasteiger partial charge in [-0.2, -0.15) is 0 Å². The van der Waals surface area contributed by atoms with Crippen LogP contribution in [0.25, 0.3) is 0 Å². The summed E-state index contributed by atoms with van der Waals surface area (Å²) in [4.78, 5) is 0. The van der Waals surface area contributed by atoms with Crippen molar-refractivity contribution in [2.75, 3.05) is 6.61 Å². The molecule has 0 aromatic carbocycles. The first kappa shape index (κ1) is 12.0. The second-order valence-electron chi connectivity index (χ2n) is 7.94. The fourth-order valence-corrected chi connectivity index (χ4v) is 5.82. The highest BCUT2D eigenvalue weighted by molar-refractivity contribution is 5.09. The van der Waals surface area contributed by atoms with Gasteiger partial charge in [0.1, 0.15) is 0 Å². The van der Waals surface area contributed by atoms with Crippen LogP contribution in [0.5, 0.6) is 0 Å². The molecule has 1 aliphatic heterocycles. The number of ether oxygens (including phenoxy) is 1. The molecule has 98 valence electrons. The van der Waals surface area contributed by atoms with Gasteiger partial charge in [0.2, 0.25) is 0 Å². The smallest absolute Gasteiger partial charge is 0.0688 e. The summed E-state index contributed by atoms with van der Waals surface area (Å²) in [7, 11) is 0. The second-order valence-corrected chi connectivity index (χ2v) is 7.94. The Hall–Kier alpha value is -0.0400. The van der Waals surface area contributed by atoms with Crippen molar-refractivity contribution >= 4 is 0 Å². The van der Waals surface area contributed by atoms with Gasteiger partial charge < -0.3 is 4.74 Å². The molecule has 0 radical (unpaired) electrons. The molecular weight excluding hydrogens is 208 g/mol. The van der Waals surface area contributed by atoms with Gasteiger partial charge in [-0.1, -0.05) is 27.2 Å². The van der Waals surface area contributed by atoms with Crippen LogP contribution in [-0.2, 0) is 4.74 Å². The molecule has 1 heterocycles. The van der Waals surface area contributed by atoms with Crippen LogP contribution in [0.4, 0.5) is 0 Å². The third-order valence-electron chi connectivity index (χ3n) is 6.58. The summed E-state index contributed by atoms with van der Waals surface area (Å²) in [6.07, 6.45) is 8.27. The van der Waals surface area contributed by atoms with Crippen molar-refractivity contribution in [3.05, 3.63) is 0 Å². The molecule has 0 aromatic rings. The highest BCUT2D eigenvalue weighted by atomic mass is 16.5. The first-order valence-electron chi connectivity index (χ1n) is 7.52. The maximum absolute atomic E-state index is 6.13. The lowest BCUT2D eigenvalue weighted by Crippen LogP contribution is -2.55. The van der Waals surface area contributed by atoms with Gasteiger partial charge in [-0.3, -0.25) is 0 Å². The van der Waals surface area contributed by atoms with Crippen LogP contribution in [-0.4, -0.2) is 12.2 Å². The standard InChI is InChI=1S/C16H28O/c1-14(2)8-5-9-15(3)12(14)6-10-16(4)13(15)7-11-17-16/h12-13H,5-11H2,1-4H3/t12-,13-,15+,16+/m1/s1. The highest BCUT2D eigenvalue weighted by Crippen LogP contribution is 2.64. The Morgan fingerprint density at radius 1 is 0.882 bits per heavy atom. The number of fused-ring (bicyclic) bond motifs is 3. The van der Waals surface area contributed by atoms with E-state index in [0.717, 1.165) is 18.4 Å². The van der Waals surface area contributed by atoms with Crippen molar-refractivity contribution in [2.24, 2.45) is 22.7 Å². The van der Waals surface area contributed by atoms with E-state index in [-0.39, 0.29) is 5.60 Å². The minimum atomic E-state index is 0.207. The Morgan fingerprint density at radius 2 is 1.65 bits per heavy atom. The first-order chi connectivity index (χ1) is 7.89. The van der Waals surface area contributed by atoms with E-state index in [2.05, 4.69) is 27.7 Å². The number of hydrogen-bond donors (Lipinski definition) is 0. The van der Waals surface area contributed by atoms with Gasteiger partial charge in [0.25, 0.3) is 0 Å². The summed E-state index contributed by atoms with van der Waals surface area (Å²) in [6, 6.07) is 0. The fraction of sp³-hybridized carbons (Fsp3) is 1.00. The van der Waals surface area contributed by atoms with Crippen molar-refractivity contribution in [3.8, 4) is 0 Å². The summed E-state index contributed by atoms with van der Waals surface area (Å²) in [5, 5.41) is 0. The molecule has 0 unspecified atom stereocenters. The van der Waals surface area contributed by atoms with Crippen LogP contribution >= 0.6 is 0 Å². The molecule has 0 bridgehead atoms. The van der Waals surface area contributed by atoms with Crippen molar-refractivity contribution < 1.29 is 4.74 Å². The van der Waals surface area contributed by atoms with Gasteiger partial charge in [0, 0.05) is 6.61 Å². The van der Waals surface area contributed by atoms with E-state index in [1.807, 2.05) is 0 Å². The molecule has 1 heteroatoms. The van der Waals surface area contributed by atoms with Crippen LogP contribution in [0.1, 0.15) is 66.2 Å². The lowest BCUT2D eigenvalue weighted by molar-refractivity contribution is -0.147. The minimum absolute atomic E-state index is 0.207. The minimum Gasteiger partial charge on any atom is -0.375 e. The predicted octanol–water partition coefficient (Wildman–Crippen LogP) is 4.41. The van der Waals surface area contributed by atoms with Crippen LogP contribution in [0, 0.1) is 22.7 Å². The Balaban J connectivity index is 1.98. The zero-order chi connectivity index (χ0) is 12.3. The van der Waals surface area contributed by atoms with Gasteiger partial charge in [-0.15, -0.1) is 0 Å². The van der Waals surface area contributed by atoms with Crippen LogP contribution < -0.4 is 0 Å². The van der Waals surface area contributed by atoms with Gasteiger partial charge in [-0.05, 0) is 61.7 Å². The maximum atomic E-state index is 6.13. The predicted molar refractivity (Wildman–Crippen MR) is 70.9 cm³/mol. The molecule has 0 aromatic heterocycles. The number of rotatable bonds is 0. The lowest BCUT2D eigenvalue weighted by atomic mass is 9.46. The Labute approximate surface area is 106 Å². The van der Waals surface area contributed by atoms with E-state index in [1.54, 1.807) is 0 Å². The zero-order valence-electron chi connectivity index (χ0n) is 12.0. The third kappa shape index (κ3) is 1.54. The van der Waals surface area contributed by atoms with Crippen LogP contribution in [0.2, 0.25) is 0 Å². The number of hydrogen-bond acceptors (Lipinski definition) is 1.